The summed E-state index contributed by atoms with van der Waals surface area (Å²) in [4.78, 5) is 11.5. The lowest BCUT2D eigenvalue weighted by Gasteiger charge is -2.25. The highest BCUT2D eigenvalue weighted by Gasteiger charge is 2.35. The Balaban J connectivity index is 1.60. The van der Waals surface area contributed by atoms with Gasteiger partial charge in [0.15, 0.2) is 12.4 Å². The summed E-state index contributed by atoms with van der Waals surface area (Å²) in [7, 11) is 0. The maximum atomic E-state index is 11.5. The largest absolute Gasteiger partial charge is 0.441 e. The van der Waals surface area contributed by atoms with Gasteiger partial charge in [-0.3, -0.25) is 0 Å². The number of hydrogen-bond acceptors (Lipinski definition) is 4. The highest BCUT2D eigenvalue weighted by molar-refractivity contribution is 5.70. The fourth-order valence-electron chi connectivity index (χ4n) is 2.59. The zero-order valence-electron chi connectivity index (χ0n) is 11.3. The van der Waals surface area contributed by atoms with E-state index in [0.717, 1.165) is 31.4 Å². The van der Waals surface area contributed by atoms with Crippen molar-refractivity contribution in [2.75, 3.05) is 13.2 Å². The lowest BCUT2D eigenvalue weighted by molar-refractivity contribution is -0.174. The summed E-state index contributed by atoms with van der Waals surface area (Å²) in [5.74, 6) is 0. The number of hydrogen-bond donors (Lipinski definition) is 1. The summed E-state index contributed by atoms with van der Waals surface area (Å²) >= 11 is 0. The van der Waals surface area contributed by atoms with Crippen molar-refractivity contribution >= 4 is 6.09 Å². The van der Waals surface area contributed by atoms with Gasteiger partial charge in [-0.15, -0.1) is 0 Å². The average molecular weight is 277 g/mol. The van der Waals surface area contributed by atoms with Crippen LogP contribution in [0.2, 0.25) is 0 Å². The molecule has 3 rings (SSSR count). The molecule has 108 valence electrons. The minimum atomic E-state index is -0.392. The summed E-state index contributed by atoms with van der Waals surface area (Å²) in [6.07, 6.45) is 2.25. The van der Waals surface area contributed by atoms with Crippen molar-refractivity contribution in [1.82, 2.24) is 5.32 Å². The Morgan fingerprint density at radius 2 is 2.10 bits per heavy atom. The lowest BCUT2D eigenvalue weighted by Crippen LogP contribution is -2.30. The highest BCUT2D eigenvalue weighted by Crippen LogP contribution is 2.25. The van der Waals surface area contributed by atoms with E-state index in [-0.39, 0.29) is 18.4 Å². The van der Waals surface area contributed by atoms with Gasteiger partial charge in [0, 0.05) is 6.61 Å². The third-order valence-electron chi connectivity index (χ3n) is 3.65. The van der Waals surface area contributed by atoms with Crippen molar-refractivity contribution in [1.29, 1.82) is 0 Å². The molecular weight excluding hydrogens is 258 g/mol. The van der Waals surface area contributed by atoms with E-state index in [9.17, 15) is 4.79 Å². The van der Waals surface area contributed by atoms with Gasteiger partial charge in [0.2, 0.25) is 0 Å². The van der Waals surface area contributed by atoms with E-state index in [2.05, 4.69) is 5.32 Å². The Hall–Kier alpha value is -1.59. The molecule has 3 unspecified atom stereocenters. The van der Waals surface area contributed by atoms with Crippen molar-refractivity contribution < 1.29 is 19.0 Å². The summed E-state index contributed by atoms with van der Waals surface area (Å²) in [6.45, 7) is 1.10. The Morgan fingerprint density at radius 1 is 1.25 bits per heavy atom. The van der Waals surface area contributed by atoms with E-state index in [0.29, 0.717) is 6.61 Å². The van der Waals surface area contributed by atoms with Crippen LogP contribution in [0.4, 0.5) is 4.79 Å². The van der Waals surface area contributed by atoms with Crippen LogP contribution in [0, 0.1) is 0 Å². The van der Waals surface area contributed by atoms with Crippen LogP contribution in [0.1, 0.15) is 30.9 Å². The molecule has 2 heterocycles. The van der Waals surface area contributed by atoms with Crippen molar-refractivity contribution in [3.63, 3.8) is 0 Å². The summed E-state index contributed by atoms with van der Waals surface area (Å²) in [5.41, 5.74) is 1.02. The first-order valence-corrected chi connectivity index (χ1v) is 7.08. The molecule has 0 spiro atoms. The summed E-state index contributed by atoms with van der Waals surface area (Å²) in [6, 6.07) is 9.63. The summed E-state index contributed by atoms with van der Waals surface area (Å²) < 4.78 is 16.5. The van der Waals surface area contributed by atoms with Crippen molar-refractivity contribution in [2.45, 2.75) is 37.7 Å². The zero-order chi connectivity index (χ0) is 13.8. The van der Waals surface area contributed by atoms with E-state index in [1.807, 2.05) is 30.3 Å². The molecule has 2 aliphatic heterocycles. The van der Waals surface area contributed by atoms with Gasteiger partial charge in [0.05, 0.1) is 12.6 Å². The van der Waals surface area contributed by atoms with Gasteiger partial charge in [-0.05, 0) is 24.8 Å². The molecule has 3 atom stereocenters. The maximum Gasteiger partial charge on any atom is 0.408 e. The summed E-state index contributed by atoms with van der Waals surface area (Å²) in [5, 5.41) is 2.83. The predicted octanol–water partition coefficient (Wildman–Crippen LogP) is 2.38. The molecule has 2 aliphatic rings. The Bertz CT molecular complexity index is 444. The smallest absolute Gasteiger partial charge is 0.408 e. The molecule has 2 fully saturated rings. The Labute approximate surface area is 118 Å². The lowest BCUT2D eigenvalue weighted by atomic mass is 10.0. The number of ether oxygens (including phenoxy) is 3. The van der Waals surface area contributed by atoms with Crippen LogP contribution in [-0.4, -0.2) is 31.7 Å². The van der Waals surface area contributed by atoms with Gasteiger partial charge in [-0.25, -0.2) is 4.79 Å². The molecule has 20 heavy (non-hydrogen) atoms. The first-order valence-electron chi connectivity index (χ1n) is 7.08. The van der Waals surface area contributed by atoms with Crippen LogP contribution in [0.25, 0.3) is 0 Å². The number of benzene rings is 1. The van der Waals surface area contributed by atoms with Crippen LogP contribution in [-0.2, 0) is 14.2 Å². The second kappa shape index (κ2) is 6.24. The number of carbonyl (C=O) groups is 1. The molecule has 5 nitrogen and oxygen atoms in total. The third kappa shape index (κ3) is 3.11. The quantitative estimate of drug-likeness (QED) is 0.918. The van der Waals surface area contributed by atoms with Crippen molar-refractivity contribution in [3.05, 3.63) is 35.9 Å². The molecule has 0 aromatic heterocycles. The molecule has 0 aliphatic carbocycles. The number of carbonyl (C=O) groups excluding carboxylic acids is 1. The van der Waals surface area contributed by atoms with Crippen LogP contribution < -0.4 is 5.32 Å². The van der Waals surface area contributed by atoms with Gasteiger partial charge >= 0.3 is 6.09 Å². The predicted molar refractivity (Wildman–Crippen MR) is 72.1 cm³/mol. The Morgan fingerprint density at radius 3 is 2.85 bits per heavy atom. The SMILES string of the molecule is O=C1NC(c2ccccc2)C(COC2CCCCO2)O1. The van der Waals surface area contributed by atoms with E-state index in [4.69, 9.17) is 14.2 Å². The van der Waals surface area contributed by atoms with Gasteiger partial charge in [0.1, 0.15) is 0 Å². The molecule has 0 bridgehead atoms. The highest BCUT2D eigenvalue weighted by atomic mass is 16.7. The van der Waals surface area contributed by atoms with E-state index in [1.54, 1.807) is 0 Å². The molecule has 2 saturated heterocycles. The number of amides is 1. The maximum absolute atomic E-state index is 11.5. The molecule has 1 aromatic carbocycles. The monoisotopic (exact) mass is 277 g/mol. The molecule has 1 aromatic rings. The van der Waals surface area contributed by atoms with Gasteiger partial charge < -0.3 is 19.5 Å². The first-order chi connectivity index (χ1) is 9.83. The number of alkyl carbamates (subject to hydrolysis) is 1. The van der Waals surface area contributed by atoms with E-state index >= 15 is 0 Å². The van der Waals surface area contributed by atoms with Gasteiger partial charge in [-0.2, -0.15) is 0 Å². The average Bonchev–Trinajstić information content (AvgIpc) is 2.88. The topological polar surface area (TPSA) is 56.8 Å². The molecule has 5 heteroatoms. The Kier molecular flexibility index (Phi) is 4.18. The van der Waals surface area contributed by atoms with Crippen LogP contribution >= 0.6 is 0 Å². The molecule has 0 radical (unpaired) electrons. The number of nitrogens with one attached hydrogen (secondary N) is 1. The second-order valence-electron chi connectivity index (χ2n) is 5.11. The van der Waals surface area contributed by atoms with Gasteiger partial charge in [-0.1, -0.05) is 30.3 Å². The molecular formula is C15H19NO4. The van der Waals surface area contributed by atoms with Crippen molar-refractivity contribution in [3.8, 4) is 0 Å². The molecule has 0 saturated carbocycles. The second-order valence-corrected chi connectivity index (χ2v) is 5.11. The van der Waals surface area contributed by atoms with Crippen molar-refractivity contribution in [2.24, 2.45) is 0 Å². The normalized spacial score (nSPS) is 29.8. The van der Waals surface area contributed by atoms with Gasteiger partial charge in [0.25, 0.3) is 0 Å². The zero-order valence-corrected chi connectivity index (χ0v) is 11.3. The standard InChI is InChI=1S/C15H19NO4/c17-15-16-14(11-6-2-1-3-7-11)12(20-15)10-19-13-8-4-5-9-18-13/h1-3,6-7,12-14H,4-5,8-10H2,(H,16,17). The fraction of sp³-hybridized carbons (Fsp3) is 0.533. The number of cyclic esters (lactones) is 1. The molecule has 1 amide bonds. The first kappa shape index (κ1) is 13.4. The van der Waals surface area contributed by atoms with Crippen LogP contribution in [0.3, 0.4) is 0 Å². The minimum Gasteiger partial charge on any atom is -0.441 e. The van der Waals surface area contributed by atoms with E-state index in [1.165, 1.54) is 0 Å². The van der Waals surface area contributed by atoms with E-state index < -0.39 is 6.09 Å². The minimum absolute atomic E-state index is 0.160. The third-order valence-corrected chi connectivity index (χ3v) is 3.65. The van der Waals surface area contributed by atoms with Crippen LogP contribution in [0.5, 0.6) is 0 Å². The van der Waals surface area contributed by atoms with Crippen LogP contribution in [0.15, 0.2) is 30.3 Å². The molecule has 1 N–H and O–H groups in total. The number of rotatable bonds is 4. The fourth-order valence-corrected chi connectivity index (χ4v) is 2.59.